The molecule has 0 saturated carbocycles. The molecule has 1 unspecified atom stereocenters. The van der Waals surface area contributed by atoms with Crippen LogP contribution < -0.4 is 16.0 Å². The second-order valence-corrected chi connectivity index (χ2v) is 5.32. The minimum Gasteiger partial charge on any atom is -0.369 e. The summed E-state index contributed by atoms with van der Waals surface area (Å²) in [6, 6.07) is 4.99. The first-order valence-corrected chi connectivity index (χ1v) is 7.10. The molecule has 110 valence electrons. The summed E-state index contributed by atoms with van der Waals surface area (Å²) < 4.78 is 13.2. The average molecular weight is 279 g/mol. The number of benzene rings is 1. The molecule has 0 bridgehead atoms. The Hall–Kier alpha value is -1.62. The highest BCUT2D eigenvalue weighted by molar-refractivity contribution is 5.76. The zero-order chi connectivity index (χ0) is 14.5. The minimum absolute atomic E-state index is 0.00942. The second kappa shape index (κ2) is 6.70. The van der Waals surface area contributed by atoms with Gasteiger partial charge in [-0.25, -0.2) is 4.39 Å². The fraction of sp³-hybridized carbons (Fsp3) is 0.533. The van der Waals surface area contributed by atoms with Crippen molar-refractivity contribution >= 4 is 11.6 Å². The number of amides is 1. The van der Waals surface area contributed by atoms with Gasteiger partial charge in [-0.15, -0.1) is 0 Å². The van der Waals surface area contributed by atoms with Crippen LogP contribution in [-0.4, -0.2) is 31.6 Å². The molecule has 1 fully saturated rings. The first kappa shape index (κ1) is 14.8. The minimum atomic E-state index is -0.212. The molecule has 2 rings (SSSR count). The van der Waals surface area contributed by atoms with Crippen molar-refractivity contribution in [1.82, 2.24) is 5.32 Å². The lowest BCUT2D eigenvalue weighted by atomic mass is 10.0. The second-order valence-electron chi connectivity index (χ2n) is 5.32. The fourth-order valence-corrected chi connectivity index (χ4v) is 2.72. The molecule has 1 heterocycles. The van der Waals surface area contributed by atoms with Crippen molar-refractivity contribution in [3.8, 4) is 0 Å². The van der Waals surface area contributed by atoms with Crippen LogP contribution in [-0.2, 0) is 4.79 Å². The van der Waals surface area contributed by atoms with Gasteiger partial charge in [0.05, 0.1) is 0 Å². The summed E-state index contributed by atoms with van der Waals surface area (Å²) in [4.78, 5) is 13.8. The van der Waals surface area contributed by atoms with Crippen molar-refractivity contribution in [2.75, 3.05) is 24.5 Å². The van der Waals surface area contributed by atoms with E-state index in [9.17, 15) is 9.18 Å². The standard InChI is InChI=1S/C15H22FN3O/c1-11-9-12(16)4-5-14(11)19-8-2-3-13(10-19)18-15(20)6-7-17/h4-5,9,13H,2-3,6-8,10,17H2,1H3,(H,18,20). The van der Waals surface area contributed by atoms with Gasteiger partial charge in [0.25, 0.3) is 0 Å². The van der Waals surface area contributed by atoms with Gasteiger partial charge < -0.3 is 16.0 Å². The number of nitrogens with zero attached hydrogens (tertiary/aromatic N) is 1. The Morgan fingerprint density at radius 3 is 3.05 bits per heavy atom. The Balaban J connectivity index is 2.01. The monoisotopic (exact) mass is 279 g/mol. The average Bonchev–Trinajstić information content (AvgIpc) is 2.39. The Kier molecular flexibility index (Phi) is 4.95. The topological polar surface area (TPSA) is 58.4 Å². The molecule has 1 saturated heterocycles. The molecule has 5 heteroatoms. The van der Waals surface area contributed by atoms with Crippen molar-refractivity contribution in [3.05, 3.63) is 29.6 Å². The summed E-state index contributed by atoms with van der Waals surface area (Å²) in [5.41, 5.74) is 7.36. The number of piperidine rings is 1. The molecule has 1 atom stereocenters. The maximum atomic E-state index is 13.2. The SMILES string of the molecule is Cc1cc(F)ccc1N1CCCC(NC(=O)CCN)C1. The zero-order valence-electron chi connectivity index (χ0n) is 11.9. The van der Waals surface area contributed by atoms with Crippen LogP contribution in [0.2, 0.25) is 0 Å². The lowest BCUT2D eigenvalue weighted by Gasteiger charge is -2.35. The van der Waals surface area contributed by atoms with Crippen LogP contribution in [0.3, 0.4) is 0 Å². The van der Waals surface area contributed by atoms with E-state index in [2.05, 4.69) is 10.2 Å². The van der Waals surface area contributed by atoms with E-state index < -0.39 is 0 Å². The quantitative estimate of drug-likeness (QED) is 0.879. The van der Waals surface area contributed by atoms with E-state index in [1.807, 2.05) is 13.0 Å². The predicted octanol–water partition coefficient (Wildman–Crippen LogP) is 1.57. The number of aryl methyl sites for hydroxylation is 1. The number of halogens is 1. The van der Waals surface area contributed by atoms with Crippen molar-refractivity contribution in [1.29, 1.82) is 0 Å². The molecule has 0 aromatic heterocycles. The van der Waals surface area contributed by atoms with Crippen LogP contribution in [0.25, 0.3) is 0 Å². The molecule has 3 N–H and O–H groups in total. The number of anilines is 1. The lowest BCUT2D eigenvalue weighted by Crippen LogP contribution is -2.48. The summed E-state index contributed by atoms with van der Waals surface area (Å²) in [5.74, 6) is -0.203. The van der Waals surface area contributed by atoms with Gasteiger partial charge in [-0.1, -0.05) is 0 Å². The molecular weight excluding hydrogens is 257 g/mol. The largest absolute Gasteiger partial charge is 0.369 e. The maximum absolute atomic E-state index is 13.2. The van der Waals surface area contributed by atoms with Crippen LogP contribution in [0.15, 0.2) is 18.2 Å². The smallest absolute Gasteiger partial charge is 0.221 e. The molecule has 1 aromatic rings. The Morgan fingerprint density at radius 2 is 2.35 bits per heavy atom. The summed E-state index contributed by atoms with van der Waals surface area (Å²) in [5, 5.41) is 3.02. The van der Waals surface area contributed by atoms with Crippen LogP contribution in [0.1, 0.15) is 24.8 Å². The van der Waals surface area contributed by atoms with Crippen LogP contribution in [0.5, 0.6) is 0 Å². The number of hydrogen-bond donors (Lipinski definition) is 2. The van der Waals surface area contributed by atoms with Gasteiger partial charge in [0.1, 0.15) is 5.82 Å². The third-order valence-electron chi connectivity index (χ3n) is 3.66. The summed E-state index contributed by atoms with van der Waals surface area (Å²) >= 11 is 0. The van der Waals surface area contributed by atoms with Crippen molar-refractivity contribution in [2.45, 2.75) is 32.2 Å². The molecule has 1 aliphatic heterocycles. The van der Waals surface area contributed by atoms with E-state index in [0.717, 1.165) is 37.2 Å². The van der Waals surface area contributed by atoms with E-state index in [1.165, 1.54) is 6.07 Å². The molecule has 20 heavy (non-hydrogen) atoms. The van der Waals surface area contributed by atoms with E-state index in [4.69, 9.17) is 5.73 Å². The molecule has 0 aliphatic carbocycles. The molecule has 1 aromatic carbocycles. The van der Waals surface area contributed by atoms with Crippen molar-refractivity contribution in [3.63, 3.8) is 0 Å². The van der Waals surface area contributed by atoms with Gasteiger partial charge in [0.15, 0.2) is 0 Å². The van der Waals surface area contributed by atoms with Crippen LogP contribution >= 0.6 is 0 Å². The Morgan fingerprint density at radius 1 is 1.55 bits per heavy atom. The van der Waals surface area contributed by atoms with Gasteiger partial charge >= 0.3 is 0 Å². The summed E-state index contributed by atoms with van der Waals surface area (Å²) in [6.45, 7) is 3.99. The fourth-order valence-electron chi connectivity index (χ4n) is 2.72. The van der Waals surface area contributed by atoms with Gasteiger partial charge in [-0.05, 0) is 43.5 Å². The third-order valence-corrected chi connectivity index (χ3v) is 3.66. The van der Waals surface area contributed by atoms with Gasteiger partial charge in [-0.3, -0.25) is 4.79 Å². The van der Waals surface area contributed by atoms with Crippen LogP contribution in [0, 0.1) is 12.7 Å². The Labute approximate surface area is 119 Å². The molecular formula is C15H22FN3O. The third kappa shape index (κ3) is 3.70. The number of carbonyl (C=O) groups excluding carboxylic acids is 1. The van der Waals surface area contributed by atoms with Gasteiger partial charge in [-0.2, -0.15) is 0 Å². The van der Waals surface area contributed by atoms with Crippen molar-refractivity contribution < 1.29 is 9.18 Å². The molecule has 0 radical (unpaired) electrons. The van der Waals surface area contributed by atoms with E-state index in [1.54, 1.807) is 6.07 Å². The number of rotatable bonds is 4. The first-order chi connectivity index (χ1) is 9.60. The highest BCUT2D eigenvalue weighted by Gasteiger charge is 2.22. The van der Waals surface area contributed by atoms with E-state index >= 15 is 0 Å². The van der Waals surface area contributed by atoms with Gasteiger partial charge in [0.2, 0.25) is 5.91 Å². The molecule has 4 nitrogen and oxygen atoms in total. The number of nitrogens with one attached hydrogen (secondary N) is 1. The number of carbonyl (C=O) groups is 1. The normalized spacial score (nSPS) is 18.9. The van der Waals surface area contributed by atoms with Gasteiger partial charge in [0, 0.05) is 37.8 Å². The van der Waals surface area contributed by atoms with E-state index in [0.29, 0.717) is 13.0 Å². The molecule has 0 spiro atoms. The molecule has 1 amide bonds. The summed E-state index contributed by atoms with van der Waals surface area (Å²) in [7, 11) is 0. The van der Waals surface area contributed by atoms with Crippen molar-refractivity contribution in [2.24, 2.45) is 5.73 Å². The van der Waals surface area contributed by atoms with E-state index in [-0.39, 0.29) is 17.8 Å². The highest BCUT2D eigenvalue weighted by atomic mass is 19.1. The Bertz CT molecular complexity index is 478. The predicted molar refractivity (Wildman–Crippen MR) is 78.2 cm³/mol. The number of nitrogens with two attached hydrogens (primary N) is 1. The first-order valence-electron chi connectivity index (χ1n) is 7.10. The van der Waals surface area contributed by atoms with Crippen LogP contribution in [0.4, 0.5) is 10.1 Å². The molecule has 1 aliphatic rings. The number of hydrogen-bond acceptors (Lipinski definition) is 3. The summed E-state index contributed by atoms with van der Waals surface area (Å²) in [6.07, 6.45) is 2.36. The maximum Gasteiger partial charge on any atom is 0.221 e. The lowest BCUT2D eigenvalue weighted by molar-refractivity contribution is -0.121. The highest BCUT2D eigenvalue weighted by Crippen LogP contribution is 2.24. The zero-order valence-corrected chi connectivity index (χ0v) is 11.9.